The van der Waals surface area contributed by atoms with Gasteiger partial charge in [0, 0.05) is 11.8 Å². The second kappa shape index (κ2) is 4.01. The van der Waals surface area contributed by atoms with Crippen LogP contribution in [0.4, 0.5) is 0 Å². The lowest BCUT2D eigenvalue weighted by Gasteiger charge is -2.02. The van der Waals surface area contributed by atoms with Crippen LogP contribution < -0.4 is 0 Å². The number of aromatic nitrogens is 3. The second-order valence-electron chi connectivity index (χ2n) is 4.02. The van der Waals surface area contributed by atoms with Gasteiger partial charge in [-0.3, -0.25) is 0 Å². The zero-order chi connectivity index (χ0) is 11.7. The topological polar surface area (TPSA) is 41.6 Å². The van der Waals surface area contributed by atoms with E-state index in [2.05, 4.69) is 46.1 Å². The van der Waals surface area contributed by atoms with Crippen LogP contribution in [0.2, 0.25) is 0 Å². The first kappa shape index (κ1) is 10.0. The normalized spacial score (nSPS) is 10.9. The fraction of sp³-hybridized carbons (Fsp3) is 0.143. The number of aromatic amines is 1. The maximum Gasteiger partial charge on any atom is 0.156 e. The standard InChI is InChI=1S/C14H13N3/c1-2-10-4-3-5-11(8-10)13-9-16-14-12(17-13)6-7-15-14/h3-9H,2H2,1H3,(H,15,16). The molecule has 0 amide bonds. The van der Waals surface area contributed by atoms with Gasteiger partial charge in [0.05, 0.1) is 11.9 Å². The quantitative estimate of drug-likeness (QED) is 0.725. The molecule has 2 aromatic heterocycles. The molecule has 1 aromatic carbocycles. The van der Waals surface area contributed by atoms with Gasteiger partial charge in [0.2, 0.25) is 0 Å². The van der Waals surface area contributed by atoms with Crippen molar-refractivity contribution >= 4 is 11.2 Å². The third-order valence-corrected chi connectivity index (χ3v) is 2.89. The van der Waals surface area contributed by atoms with Crippen LogP contribution in [0.5, 0.6) is 0 Å². The summed E-state index contributed by atoms with van der Waals surface area (Å²) in [5.41, 5.74) is 5.11. The van der Waals surface area contributed by atoms with Crippen molar-refractivity contribution in [1.29, 1.82) is 0 Å². The van der Waals surface area contributed by atoms with Crippen LogP contribution in [0.15, 0.2) is 42.7 Å². The average Bonchev–Trinajstić information content (AvgIpc) is 2.86. The van der Waals surface area contributed by atoms with Gasteiger partial charge in [-0.2, -0.15) is 0 Å². The molecule has 0 atom stereocenters. The number of benzene rings is 1. The first-order valence-electron chi connectivity index (χ1n) is 5.76. The highest BCUT2D eigenvalue weighted by Gasteiger charge is 2.03. The predicted molar refractivity (Wildman–Crippen MR) is 68.7 cm³/mol. The molecule has 84 valence electrons. The van der Waals surface area contributed by atoms with Crippen LogP contribution in [0.25, 0.3) is 22.4 Å². The van der Waals surface area contributed by atoms with E-state index in [9.17, 15) is 0 Å². The van der Waals surface area contributed by atoms with Crippen molar-refractivity contribution in [3.8, 4) is 11.3 Å². The second-order valence-corrected chi connectivity index (χ2v) is 4.02. The van der Waals surface area contributed by atoms with E-state index in [0.717, 1.165) is 28.8 Å². The lowest BCUT2D eigenvalue weighted by Crippen LogP contribution is -1.88. The summed E-state index contributed by atoms with van der Waals surface area (Å²) in [6.45, 7) is 2.15. The number of hydrogen-bond donors (Lipinski definition) is 1. The number of fused-ring (bicyclic) bond motifs is 1. The van der Waals surface area contributed by atoms with Crippen molar-refractivity contribution in [3.05, 3.63) is 48.3 Å². The Balaban J connectivity index is 2.12. The summed E-state index contributed by atoms with van der Waals surface area (Å²) in [7, 11) is 0. The molecule has 3 nitrogen and oxygen atoms in total. The van der Waals surface area contributed by atoms with Gasteiger partial charge in [0.25, 0.3) is 0 Å². The Hall–Kier alpha value is -2.16. The Morgan fingerprint density at radius 1 is 1.24 bits per heavy atom. The highest BCUT2D eigenvalue weighted by molar-refractivity contribution is 5.74. The Labute approximate surface area is 99.5 Å². The summed E-state index contributed by atoms with van der Waals surface area (Å²) >= 11 is 0. The molecular formula is C14H13N3. The number of H-pyrrole nitrogens is 1. The first-order chi connectivity index (χ1) is 8.36. The smallest absolute Gasteiger partial charge is 0.156 e. The van der Waals surface area contributed by atoms with Gasteiger partial charge in [0.1, 0.15) is 5.52 Å². The molecule has 0 fully saturated rings. The molecule has 0 spiro atoms. The summed E-state index contributed by atoms with van der Waals surface area (Å²) in [5, 5.41) is 0. The summed E-state index contributed by atoms with van der Waals surface area (Å²) < 4.78 is 0. The molecular weight excluding hydrogens is 210 g/mol. The van der Waals surface area contributed by atoms with Crippen LogP contribution >= 0.6 is 0 Å². The fourth-order valence-corrected chi connectivity index (χ4v) is 1.92. The van der Waals surface area contributed by atoms with Crippen molar-refractivity contribution in [2.75, 3.05) is 0 Å². The number of aryl methyl sites for hydroxylation is 1. The molecule has 0 unspecified atom stereocenters. The number of hydrogen-bond acceptors (Lipinski definition) is 2. The van der Waals surface area contributed by atoms with Crippen molar-refractivity contribution < 1.29 is 0 Å². The third-order valence-electron chi connectivity index (χ3n) is 2.89. The Morgan fingerprint density at radius 3 is 3.06 bits per heavy atom. The lowest BCUT2D eigenvalue weighted by atomic mass is 10.1. The van der Waals surface area contributed by atoms with E-state index in [-0.39, 0.29) is 0 Å². The molecule has 3 aromatic rings. The maximum atomic E-state index is 4.59. The van der Waals surface area contributed by atoms with Gasteiger partial charge in [-0.25, -0.2) is 9.97 Å². The Bertz CT molecular complexity index is 655. The van der Waals surface area contributed by atoms with Crippen molar-refractivity contribution in [3.63, 3.8) is 0 Å². The van der Waals surface area contributed by atoms with E-state index in [0.29, 0.717) is 0 Å². The largest absolute Gasteiger partial charge is 0.345 e. The first-order valence-corrected chi connectivity index (χ1v) is 5.76. The van der Waals surface area contributed by atoms with Crippen LogP contribution in [-0.4, -0.2) is 15.0 Å². The van der Waals surface area contributed by atoms with Gasteiger partial charge >= 0.3 is 0 Å². The van der Waals surface area contributed by atoms with E-state index in [1.165, 1.54) is 5.56 Å². The molecule has 0 saturated carbocycles. The summed E-state index contributed by atoms with van der Waals surface area (Å²) in [4.78, 5) is 12.0. The number of nitrogens with zero attached hydrogens (tertiary/aromatic N) is 2. The average molecular weight is 223 g/mol. The summed E-state index contributed by atoms with van der Waals surface area (Å²) in [6, 6.07) is 10.4. The molecule has 2 heterocycles. The lowest BCUT2D eigenvalue weighted by molar-refractivity contribution is 1.14. The minimum atomic E-state index is 0.834. The Kier molecular flexibility index (Phi) is 2.37. The molecule has 0 radical (unpaired) electrons. The monoisotopic (exact) mass is 223 g/mol. The third kappa shape index (κ3) is 1.80. The zero-order valence-corrected chi connectivity index (χ0v) is 9.64. The van der Waals surface area contributed by atoms with E-state index >= 15 is 0 Å². The van der Waals surface area contributed by atoms with E-state index in [1.807, 2.05) is 18.5 Å². The molecule has 3 rings (SSSR count). The van der Waals surface area contributed by atoms with Gasteiger partial charge < -0.3 is 4.98 Å². The predicted octanol–water partition coefficient (Wildman–Crippen LogP) is 3.19. The number of rotatable bonds is 2. The van der Waals surface area contributed by atoms with Crippen LogP contribution in [-0.2, 0) is 6.42 Å². The van der Waals surface area contributed by atoms with Crippen LogP contribution in [0.3, 0.4) is 0 Å². The van der Waals surface area contributed by atoms with Gasteiger partial charge in [-0.05, 0) is 24.1 Å². The van der Waals surface area contributed by atoms with Gasteiger partial charge in [-0.15, -0.1) is 0 Å². The fourth-order valence-electron chi connectivity index (χ4n) is 1.92. The highest BCUT2D eigenvalue weighted by atomic mass is 14.9. The SMILES string of the molecule is CCc1cccc(-c2cnc3[nH]ccc3n2)c1. The molecule has 0 bridgehead atoms. The van der Waals surface area contributed by atoms with E-state index in [4.69, 9.17) is 0 Å². The van der Waals surface area contributed by atoms with E-state index in [1.54, 1.807) is 0 Å². The van der Waals surface area contributed by atoms with Crippen LogP contribution in [0, 0.1) is 0 Å². The molecule has 0 aliphatic heterocycles. The molecule has 17 heavy (non-hydrogen) atoms. The molecule has 0 saturated heterocycles. The minimum absolute atomic E-state index is 0.834. The van der Waals surface area contributed by atoms with Crippen molar-refractivity contribution in [1.82, 2.24) is 15.0 Å². The van der Waals surface area contributed by atoms with Gasteiger partial charge in [0.15, 0.2) is 5.65 Å². The molecule has 0 aliphatic carbocycles. The van der Waals surface area contributed by atoms with E-state index < -0.39 is 0 Å². The summed E-state index contributed by atoms with van der Waals surface area (Å²) in [6.07, 6.45) is 4.71. The van der Waals surface area contributed by atoms with Crippen molar-refractivity contribution in [2.45, 2.75) is 13.3 Å². The summed E-state index contributed by atoms with van der Waals surface area (Å²) in [5.74, 6) is 0. The van der Waals surface area contributed by atoms with Crippen LogP contribution in [0.1, 0.15) is 12.5 Å². The Morgan fingerprint density at radius 2 is 2.18 bits per heavy atom. The van der Waals surface area contributed by atoms with Gasteiger partial charge in [-0.1, -0.05) is 25.1 Å². The minimum Gasteiger partial charge on any atom is -0.345 e. The zero-order valence-electron chi connectivity index (χ0n) is 9.64. The van der Waals surface area contributed by atoms with Crippen molar-refractivity contribution in [2.24, 2.45) is 0 Å². The maximum absolute atomic E-state index is 4.59. The molecule has 3 heteroatoms. The molecule has 1 N–H and O–H groups in total. The highest BCUT2D eigenvalue weighted by Crippen LogP contribution is 2.19. The molecule has 0 aliphatic rings. The number of nitrogens with one attached hydrogen (secondary N) is 1.